The van der Waals surface area contributed by atoms with Crippen LogP contribution in [0.1, 0.15) is 0 Å². The van der Waals surface area contributed by atoms with Crippen LogP contribution in [-0.4, -0.2) is 13.0 Å². The van der Waals surface area contributed by atoms with E-state index in [4.69, 9.17) is 0 Å². The van der Waals surface area contributed by atoms with E-state index in [0.717, 1.165) is 18.2 Å². The quantitative estimate of drug-likeness (QED) is 0.608. The van der Waals surface area contributed by atoms with E-state index in [1.54, 1.807) is 22.6 Å². The van der Waals surface area contributed by atoms with Crippen LogP contribution < -0.4 is 9.47 Å². The van der Waals surface area contributed by atoms with Crippen LogP contribution in [0, 0.1) is 3.57 Å². The van der Waals surface area contributed by atoms with Gasteiger partial charge in [-0.1, -0.05) is 0 Å². The third kappa shape index (κ3) is 4.37. The first-order valence-electron chi connectivity index (χ1n) is 3.78. The first-order valence-corrected chi connectivity index (χ1v) is 4.86. The van der Waals surface area contributed by atoms with Gasteiger partial charge in [-0.25, -0.2) is 0 Å². The van der Waals surface area contributed by atoms with Crippen LogP contribution in [0.3, 0.4) is 0 Å². The van der Waals surface area contributed by atoms with Crippen molar-refractivity contribution in [3.63, 3.8) is 0 Å². The summed E-state index contributed by atoms with van der Waals surface area (Å²) < 4.78 is 66.8. The Morgan fingerprint density at radius 2 is 1.81 bits per heavy atom. The van der Waals surface area contributed by atoms with Gasteiger partial charge in [-0.15, -0.1) is 13.2 Å². The summed E-state index contributed by atoms with van der Waals surface area (Å²) in [5.41, 5.74) is 0. The normalized spacial score (nSPS) is 11.7. The molecule has 0 aliphatic rings. The lowest BCUT2D eigenvalue weighted by atomic mass is 10.3. The van der Waals surface area contributed by atoms with E-state index in [1.807, 2.05) is 0 Å². The van der Waals surface area contributed by atoms with Crippen LogP contribution in [0.25, 0.3) is 0 Å². The summed E-state index contributed by atoms with van der Waals surface area (Å²) in [6.45, 7) is -3.03. The topological polar surface area (TPSA) is 18.5 Å². The molecule has 16 heavy (non-hydrogen) atoms. The number of hydrogen-bond donors (Lipinski definition) is 0. The molecule has 1 rings (SSSR count). The van der Waals surface area contributed by atoms with Crippen molar-refractivity contribution in [1.29, 1.82) is 0 Å². The molecule has 0 N–H and O–H groups in total. The highest BCUT2D eigenvalue weighted by molar-refractivity contribution is 14.1. The molecule has 0 fully saturated rings. The summed E-state index contributed by atoms with van der Waals surface area (Å²) >= 11 is 1.57. The van der Waals surface area contributed by atoms with Crippen LogP contribution in [0.5, 0.6) is 11.5 Å². The SMILES string of the molecule is FC(F)Oc1ccc(OC(F)(F)F)cc1I. The molecular weight excluding hydrogens is 350 g/mol. The Morgan fingerprint density at radius 1 is 1.19 bits per heavy atom. The summed E-state index contributed by atoms with van der Waals surface area (Å²) in [7, 11) is 0. The third-order valence-corrected chi connectivity index (χ3v) is 2.20. The van der Waals surface area contributed by atoms with E-state index in [-0.39, 0.29) is 9.32 Å². The average Bonchev–Trinajstić information content (AvgIpc) is 2.06. The lowest BCUT2D eigenvalue weighted by Crippen LogP contribution is -2.17. The van der Waals surface area contributed by atoms with Crippen LogP contribution >= 0.6 is 22.6 Å². The highest BCUT2D eigenvalue weighted by Gasteiger charge is 2.31. The average molecular weight is 354 g/mol. The number of benzene rings is 1. The maximum atomic E-state index is 11.8. The van der Waals surface area contributed by atoms with Gasteiger partial charge in [0.15, 0.2) is 0 Å². The summed E-state index contributed by atoms with van der Waals surface area (Å²) in [6.07, 6.45) is -4.81. The minimum Gasteiger partial charge on any atom is -0.434 e. The van der Waals surface area contributed by atoms with Crippen molar-refractivity contribution in [2.75, 3.05) is 0 Å². The number of rotatable bonds is 3. The van der Waals surface area contributed by atoms with Gasteiger partial charge in [-0.05, 0) is 40.8 Å². The molecule has 1 aromatic carbocycles. The van der Waals surface area contributed by atoms with Gasteiger partial charge in [-0.3, -0.25) is 0 Å². The molecule has 0 aliphatic heterocycles. The molecule has 0 heterocycles. The second kappa shape index (κ2) is 5.02. The summed E-state index contributed by atoms with van der Waals surface area (Å²) in [5, 5.41) is 0. The Kier molecular flexibility index (Phi) is 4.16. The standard InChI is InChI=1S/C8H4F5IO2/c9-7(10)15-6-2-1-4(3-5(6)14)16-8(11,12)13/h1-3,7H. The molecule has 0 unspecified atom stereocenters. The third-order valence-electron chi connectivity index (χ3n) is 1.35. The molecule has 90 valence electrons. The lowest BCUT2D eigenvalue weighted by molar-refractivity contribution is -0.274. The molecule has 0 aliphatic carbocycles. The molecular formula is C8H4F5IO2. The van der Waals surface area contributed by atoms with Gasteiger partial charge in [0.1, 0.15) is 11.5 Å². The predicted molar refractivity (Wildman–Crippen MR) is 52.5 cm³/mol. The van der Waals surface area contributed by atoms with E-state index in [9.17, 15) is 22.0 Å². The van der Waals surface area contributed by atoms with Crippen molar-refractivity contribution >= 4 is 22.6 Å². The van der Waals surface area contributed by atoms with E-state index in [2.05, 4.69) is 9.47 Å². The zero-order valence-electron chi connectivity index (χ0n) is 7.39. The van der Waals surface area contributed by atoms with Crippen LogP contribution in [0.15, 0.2) is 18.2 Å². The molecule has 0 radical (unpaired) electrons. The van der Waals surface area contributed by atoms with E-state index < -0.39 is 18.7 Å². The van der Waals surface area contributed by atoms with Gasteiger partial charge in [-0.2, -0.15) is 8.78 Å². The summed E-state index contributed by atoms with van der Waals surface area (Å²) in [5.74, 6) is -0.691. The maximum Gasteiger partial charge on any atom is 0.573 e. The van der Waals surface area contributed by atoms with Crippen molar-refractivity contribution in [1.82, 2.24) is 0 Å². The van der Waals surface area contributed by atoms with Crippen molar-refractivity contribution in [2.45, 2.75) is 13.0 Å². The lowest BCUT2D eigenvalue weighted by Gasteiger charge is -2.11. The molecule has 2 nitrogen and oxygen atoms in total. The molecule has 0 spiro atoms. The molecule has 8 heteroatoms. The predicted octanol–water partition coefficient (Wildman–Crippen LogP) is 3.79. The van der Waals surface area contributed by atoms with Crippen LogP contribution in [0.2, 0.25) is 0 Å². The molecule has 0 bridgehead atoms. The highest BCUT2D eigenvalue weighted by Crippen LogP contribution is 2.30. The Hall–Kier alpha value is -0.800. The summed E-state index contributed by atoms with van der Waals surface area (Å²) in [6, 6.07) is 2.83. The number of hydrogen-bond acceptors (Lipinski definition) is 2. The van der Waals surface area contributed by atoms with Crippen molar-refractivity contribution < 1.29 is 31.4 Å². The van der Waals surface area contributed by atoms with Gasteiger partial charge >= 0.3 is 13.0 Å². The van der Waals surface area contributed by atoms with Crippen molar-refractivity contribution in [3.8, 4) is 11.5 Å². The first kappa shape index (κ1) is 13.3. The fraction of sp³-hybridized carbons (Fsp3) is 0.250. The molecule has 0 atom stereocenters. The molecule has 0 saturated heterocycles. The van der Waals surface area contributed by atoms with Gasteiger partial charge in [0.2, 0.25) is 0 Å². The largest absolute Gasteiger partial charge is 0.573 e. The van der Waals surface area contributed by atoms with E-state index in [0.29, 0.717) is 0 Å². The van der Waals surface area contributed by atoms with Gasteiger partial charge < -0.3 is 9.47 Å². The minimum atomic E-state index is -4.81. The zero-order valence-corrected chi connectivity index (χ0v) is 9.55. The van der Waals surface area contributed by atoms with Crippen molar-refractivity contribution in [3.05, 3.63) is 21.8 Å². The van der Waals surface area contributed by atoms with E-state index >= 15 is 0 Å². The number of alkyl halides is 5. The van der Waals surface area contributed by atoms with E-state index in [1.165, 1.54) is 0 Å². The fourth-order valence-electron chi connectivity index (χ4n) is 0.870. The Bertz CT molecular complexity index is 366. The smallest absolute Gasteiger partial charge is 0.434 e. The van der Waals surface area contributed by atoms with Crippen molar-refractivity contribution in [2.24, 2.45) is 0 Å². The molecule has 1 aromatic rings. The Morgan fingerprint density at radius 3 is 2.25 bits per heavy atom. The molecule has 0 amide bonds. The maximum absolute atomic E-state index is 11.8. The number of halogens is 6. The first-order chi connectivity index (χ1) is 7.28. The fourth-order valence-corrected chi connectivity index (χ4v) is 1.48. The second-order valence-corrected chi connectivity index (χ2v) is 3.68. The van der Waals surface area contributed by atoms with Gasteiger partial charge in [0.25, 0.3) is 0 Å². The van der Waals surface area contributed by atoms with Crippen LogP contribution in [-0.2, 0) is 0 Å². The second-order valence-electron chi connectivity index (χ2n) is 2.52. The Balaban J connectivity index is 2.83. The Labute approximate surface area is 100 Å². The minimum absolute atomic E-state index is 0.0969. The molecule has 0 saturated carbocycles. The zero-order chi connectivity index (χ0) is 12.3. The van der Waals surface area contributed by atoms with Gasteiger partial charge in [0, 0.05) is 0 Å². The monoisotopic (exact) mass is 354 g/mol. The van der Waals surface area contributed by atoms with Crippen LogP contribution in [0.4, 0.5) is 22.0 Å². The molecule has 0 aromatic heterocycles. The number of ether oxygens (including phenoxy) is 2. The van der Waals surface area contributed by atoms with Gasteiger partial charge in [0.05, 0.1) is 3.57 Å². The highest BCUT2D eigenvalue weighted by atomic mass is 127. The summed E-state index contributed by atoms with van der Waals surface area (Å²) in [4.78, 5) is 0.